The second kappa shape index (κ2) is 5.20. The summed E-state index contributed by atoms with van der Waals surface area (Å²) in [6.07, 6.45) is 4.95. The van der Waals surface area contributed by atoms with Crippen LogP contribution in [0.5, 0.6) is 0 Å². The number of rotatable bonds is 3. The van der Waals surface area contributed by atoms with Gasteiger partial charge in [0.05, 0.1) is 0 Å². The first kappa shape index (κ1) is 10.5. The zero-order valence-electron chi connectivity index (χ0n) is 7.20. The SMILES string of the molecule is Nc1ccc(Cl)cc1C=CCCS. The van der Waals surface area contributed by atoms with Gasteiger partial charge in [-0.15, -0.1) is 0 Å². The van der Waals surface area contributed by atoms with Crippen molar-refractivity contribution in [3.63, 3.8) is 0 Å². The summed E-state index contributed by atoms with van der Waals surface area (Å²) in [6.45, 7) is 0. The molecule has 0 unspecified atom stereocenters. The van der Waals surface area contributed by atoms with E-state index in [9.17, 15) is 0 Å². The Morgan fingerprint density at radius 1 is 1.46 bits per heavy atom. The van der Waals surface area contributed by atoms with Gasteiger partial charge in [-0.3, -0.25) is 0 Å². The molecule has 0 saturated heterocycles. The molecule has 0 bridgehead atoms. The lowest BCUT2D eigenvalue weighted by atomic mass is 10.1. The second-order valence-corrected chi connectivity index (χ2v) is 3.57. The first-order chi connectivity index (χ1) is 6.24. The minimum Gasteiger partial charge on any atom is -0.398 e. The number of benzene rings is 1. The third-order valence-corrected chi connectivity index (χ3v) is 2.14. The first-order valence-corrected chi connectivity index (χ1v) is 5.07. The van der Waals surface area contributed by atoms with Crippen molar-refractivity contribution in [2.45, 2.75) is 6.42 Å². The van der Waals surface area contributed by atoms with Gasteiger partial charge in [0.15, 0.2) is 0 Å². The zero-order valence-corrected chi connectivity index (χ0v) is 8.85. The Balaban J connectivity index is 2.81. The normalized spacial score (nSPS) is 10.9. The molecule has 0 aromatic heterocycles. The summed E-state index contributed by atoms with van der Waals surface area (Å²) in [5.74, 6) is 0.844. The number of halogens is 1. The van der Waals surface area contributed by atoms with Crippen LogP contribution in [-0.2, 0) is 0 Å². The first-order valence-electron chi connectivity index (χ1n) is 4.06. The van der Waals surface area contributed by atoms with E-state index < -0.39 is 0 Å². The molecule has 0 saturated carbocycles. The largest absolute Gasteiger partial charge is 0.398 e. The van der Waals surface area contributed by atoms with Crippen molar-refractivity contribution < 1.29 is 0 Å². The monoisotopic (exact) mass is 213 g/mol. The fourth-order valence-electron chi connectivity index (χ4n) is 0.975. The van der Waals surface area contributed by atoms with Crippen LogP contribution >= 0.6 is 24.2 Å². The van der Waals surface area contributed by atoms with Crippen LogP contribution in [0, 0.1) is 0 Å². The fraction of sp³-hybridized carbons (Fsp3) is 0.200. The standard InChI is InChI=1S/C10H12ClNS/c11-9-4-5-10(12)8(7-9)3-1-2-6-13/h1,3-5,7,13H,2,6,12H2. The highest BCUT2D eigenvalue weighted by Gasteiger charge is 1.94. The third kappa shape index (κ3) is 3.33. The molecule has 0 heterocycles. The second-order valence-electron chi connectivity index (χ2n) is 2.69. The minimum absolute atomic E-state index is 0.708. The van der Waals surface area contributed by atoms with E-state index in [4.69, 9.17) is 17.3 Å². The molecule has 0 aliphatic carbocycles. The number of anilines is 1. The third-order valence-electron chi connectivity index (χ3n) is 1.64. The van der Waals surface area contributed by atoms with Gasteiger partial charge in [-0.1, -0.05) is 23.8 Å². The quantitative estimate of drug-likeness (QED) is 0.585. The molecule has 0 spiro atoms. The molecule has 0 radical (unpaired) electrons. The van der Waals surface area contributed by atoms with Crippen LogP contribution in [0.1, 0.15) is 12.0 Å². The Morgan fingerprint density at radius 3 is 2.92 bits per heavy atom. The minimum atomic E-state index is 0.708. The molecule has 13 heavy (non-hydrogen) atoms. The van der Waals surface area contributed by atoms with E-state index >= 15 is 0 Å². The van der Waals surface area contributed by atoms with Crippen LogP contribution < -0.4 is 5.73 Å². The number of hydrogen-bond donors (Lipinski definition) is 2. The van der Waals surface area contributed by atoms with E-state index in [1.165, 1.54) is 0 Å². The van der Waals surface area contributed by atoms with Gasteiger partial charge in [0, 0.05) is 10.7 Å². The van der Waals surface area contributed by atoms with Crippen molar-refractivity contribution in [1.82, 2.24) is 0 Å². The Morgan fingerprint density at radius 2 is 2.23 bits per heavy atom. The summed E-state index contributed by atoms with van der Waals surface area (Å²) in [5.41, 5.74) is 7.46. The maximum Gasteiger partial charge on any atom is 0.0413 e. The lowest BCUT2D eigenvalue weighted by Gasteiger charge is -1.99. The van der Waals surface area contributed by atoms with Gasteiger partial charge in [0.2, 0.25) is 0 Å². The average molecular weight is 214 g/mol. The van der Waals surface area contributed by atoms with Crippen molar-refractivity contribution in [3.05, 3.63) is 34.9 Å². The van der Waals surface area contributed by atoms with Crippen molar-refractivity contribution in [3.8, 4) is 0 Å². The molecule has 1 aromatic carbocycles. The highest BCUT2D eigenvalue weighted by molar-refractivity contribution is 7.80. The summed E-state index contributed by atoms with van der Waals surface area (Å²) >= 11 is 9.93. The maximum absolute atomic E-state index is 5.83. The molecular weight excluding hydrogens is 202 g/mol. The van der Waals surface area contributed by atoms with E-state index in [0.717, 1.165) is 23.4 Å². The van der Waals surface area contributed by atoms with Gasteiger partial charge in [-0.25, -0.2) is 0 Å². The summed E-state index contributed by atoms with van der Waals surface area (Å²) in [5, 5.41) is 0.708. The van der Waals surface area contributed by atoms with Crippen molar-refractivity contribution in [1.29, 1.82) is 0 Å². The molecule has 1 rings (SSSR count). The molecule has 3 heteroatoms. The number of allylic oxidation sites excluding steroid dienone is 1. The molecule has 2 N–H and O–H groups in total. The van der Waals surface area contributed by atoms with E-state index in [-0.39, 0.29) is 0 Å². The van der Waals surface area contributed by atoms with Crippen molar-refractivity contribution >= 4 is 36.0 Å². The Bertz CT molecular complexity index is 310. The Kier molecular flexibility index (Phi) is 4.19. The van der Waals surface area contributed by atoms with Crippen LogP contribution in [0.25, 0.3) is 6.08 Å². The van der Waals surface area contributed by atoms with Crippen molar-refractivity contribution in [2.75, 3.05) is 11.5 Å². The lowest BCUT2D eigenvalue weighted by molar-refractivity contribution is 1.26. The van der Waals surface area contributed by atoms with Gasteiger partial charge in [0.25, 0.3) is 0 Å². The predicted molar refractivity (Wildman–Crippen MR) is 63.4 cm³/mol. The highest BCUT2D eigenvalue weighted by atomic mass is 35.5. The van der Waals surface area contributed by atoms with Crippen LogP contribution in [0.15, 0.2) is 24.3 Å². The topological polar surface area (TPSA) is 26.0 Å². The molecule has 70 valence electrons. The molecule has 0 fully saturated rings. The van der Waals surface area contributed by atoms with Crippen LogP contribution in [0.4, 0.5) is 5.69 Å². The van der Waals surface area contributed by atoms with Gasteiger partial charge in [-0.05, 0) is 35.9 Å². The van der Waals surface area contributed by atoms with Crippen LogP contribution in [0.2, 0.25) is 5.02 Å². The van der Waals surface area contributed by atoms with Crippen molar-refractivity contribution in [2.24, 2.45) is 0 Å². The molecule has 0 amide bonds. The molecule has 0 atom stereocenters. The fourth-order valence-corrected chi connectivity index (χ4v) is 1.30. The van der Waals surface area contributed by atoms with Gasteiger partial charge in [-0.2, -0.15) is 12.6 Å². The number of thiol groups is 1. The molecule has 1 nitrogen and oxygen atoms in total. The predicted octanol–water partition coefficient (Wildman–Crippen LogP) is 3.26. The molecule has 0 aliphatic rings. The van der Waals surface area contributed by atoms with Crippen LogP contribution in [-0.4, -0.2) is 5.75 Å². The average Bonchev–Trinajstić information content (AvgIpc) is 2.11. The Hall–Kier alpha value is -0.600. The van der Waals surface area contributed by atoms with E-state index in [1.807, 2.05) is 24.3 Å². The molecule has 1 aromatic rings. The highest BCUT2D eigenvalue weighted by Crippen LogP contribution is 2.19. The number of nitrogens with two attached hydrogens (primary N) is 1. The number of hydrogen-bond acceptors (Lipinski definition) is 2. The van der Waals surface area contributed by atoms with E-state index in [2.05, 4.69) is 12.6 Å². The summed E-state index contributed by atoms with van der Waals surface area (Å²) in [6, 6.07) is 5.45. The zero-order chi connectivity index (χ0) is 9.68. The van der Waals surface area contributed by atoms with Crippen LogP contribution in [0.3, 0.4) is 0 Å². The number of nitrogen functional groups attached to an aromatic ring is 1. The van der Waals surface area contributed by atoms with E-state index in [1.54, 1.807) is 6.07 Å². The van der Waals surface area contributed by atoms with Gasteiger partial charge >= 0.3 is 0 Å². The Labute approximate surface area is 89.0 Å². The lowest BCUT2D eigenvalue weighted by Crippen LogP contribution is -1.88. The summed E-state index contributed by atoms with van der Waals surface area (Å²) in [7, 11) is 0. The summed E-state index contributed by atoms with van der Waals surface area (Å²) in [4.78, 5) is 0. The van der Waals surface area contributed by atoms with Gasteiger partial charge in [0.1, 0.15) is 0 Å². The molecular formula is C10H12ClNS. The smallest absolute Gasteiger partial charge is 0.0413 e. The molecule has 0 aliphatic heterocycles. The van der Waals surface area contributed by atoms with E-state index in [0.29, 0.717) is 5.02 Å². The van der Waals surface area contributed by atoms with Gasteiger partial charge < -0.3 is 5.73 Å². The maximum atomic E-state index is 5.83. The summed E-state index contributed by atoms with van der Waals surface area (Å²) < 4.78 is 0.